The fraction of sp³-hybridized carbons (Fsp3) is 0.429. The molecule has 2 N–H and O–H groups in total. The Hall–Kier alpha value is -1.92. The number of nitrogens with zero attached hydrogens (tertiary/aromatic N) is 2. The molecule has 106 valence electrons. The molecule has 1 atom stereocenters. The lowest BCUT2D eigenvalue weighted by molar-refractivity contribution is 0.0243. The Morgan fingerprint density at radius 3 is 3.15 bits per heavy atom. The van der Waals surface area contributed by atoms with Crippen molar-refractivity contribution in [2.75, 3.05) is 19.7 Å². The smallest absolute Gasteiger partial charge is 0.260 e. The largest absolute Gasteiger partial charge is 0.494 e. The third-order valence-electron chi connectivity index (χ3n) is 3.36. The van der Waals surface area contributed by atoms with E-state index >= 15 is 0 Å². The zero-order valence-corrected chi connectivity index (χ0v) is 11.3. The van der Waals surface area contributed by atoms with Crippen LogP contribution in [0.15, 0.2) is 28.8 Å². The number of β-amino-alcohol motifs (C(OH)–C–C–N with tert-alkyl or cyclic N) is 1. The van der Waals surface area contributed by atoms with Crippen molar-refractivity contribution in [1.29, 1.82) is 0 Å². The lowest BCUT2D eigenvalue weighted by Gasteiger charge is -2.14. The highest BCUT2D eigenvalue weighted by molar-refractivity contribution is 5.56. The Morgan fingerprint density at radius 2 is 2.40 bits per heavy atom. The van der Waals surface area contributed by atoms with E-state index in [0.717, 1.165) is 17.9 Å². The second-order valence-corrected chi connectivity index (χ2v) is 4.84. The van der Waals surface area contributed by atoms with E-state index in [9.17, 15) is 5.11 Å². The number of benzene rings is 1. The summed E-state index contributed by atoms with van der Waals surface area (Å²) >= 11 is 0. The lowest BCUT2D eigenvalue weighted by Crippen LogP contribution is -2.28. The molecule has 0 spiro atoms. The van der Waals surface area contributed by atoms with Crippen LogP contribution in [0.5, 0.6) is 5.75 Å². The summed E-state index contributed by atoms with van der Waals surface area (Å²) < 4.78 is 10.7. The molecule has 20 heavy (non-hydrogen) atoms. The van der Waals surface area contributed by atoms with Crippen LogP contribution in [0.4, 0.5) is 0 Å². The monoisotopic (exact) mass is 275 g/mol. The van der Waals surface area contributed by atoms with Gasteiger partial charge >= 0.3 is 0 Å². The molecule has 1 aliphatic heterocycles. The van der Waals surface area contributed by atoms with E-state index in [2.05, 4.69) is 15.5 Å². The summed E-state index contributed by atoms with van der Waals surface area (Å²) in [6, 6.07) is 7.49. The Morgan fingerprint density at radius 1 is 1.50 bits per heavy atom. The van der Waals surface area contributed by atoms with Crippen LogP contribution >= 0.6 is 0 Å². The topological polar surface area (TPSA) is 80.4 Å². The van der Waals surface area contributed by atoms with Gasteiger partial charge in [-0.1, -0.05) is 17.3 Å². The van der Waals surface area contributed by atoms with E-state index < -0.39 is 5.60 Å². The first-order chi connectivity index (χ1) is 9.71. The van der Waals surface area contributed by atoms with Crippen molar-refractivity contribution in [3.63, 3.8) is 0 Å². The maximum absolute atomic E-state index is 10.4. The molecule has 1 unspecified atom stereocenters. The Labute approximate surface area is 116 Å². The molecule has 1 fully saturated rings. The summed E-state index contributed by atoms with van der Waals surface area (Å²) in [5.41, 5.74) is -0.247. The maximum Gasteiger partial charge on any atom is 0.260 e. The molecule has 2 heterocycles. The molecular weight excluding hydrogens is 258 g/mol. The van der Waals surface area contributed by atoms with E-state index in [4.69, 9.17) is 9.26 Å². The van der Waals surface area contributed by atoms with Gasteiger partial charge in [0.2, 0.25) is 5.82 Å². The number of ether oxygens (including phenoxy) is 1. The van der Waals surface area contributed by atoms with Gasteiger partial charge in [0.15, 0.2) is 5.60 Å². The predicted octanol–water partition coefficient (Wildman–Crippen LogP) is 1.32. The molecule has 0 aliphatic carbocycles. The van der Waals surface area contributed by atoms with Gasteiger partial charge in [-0.2, -0.15) is 4.98 Å². The van der Waals surface area contributed by atoms with Crippen LogP contribution in [0.3, 0.4) is 0 Å². The molecule has 1 saturated heterocycles. The third kappa shape index (κ3) is 2.39. The highest BCUT2D eigenvalue weighted by atomic mass is 16.5. The number of nitrogens with one attached hydrogen (secondary N) is 1. The molecule has 0 radical (unpaired) electrons. The minimum Gasteiger partial charge on any atom is -0.494 e. The van der Waals surface area contributed by atoms with E-state index in [0.29, 0.717) is 25.4 Å². The van der Waals surface area contributed by atoms with Crippen LogP contribution in [0.1, 0.15) is 19.2 Å². The van der Waals surface area contributed by atoms with E-state index in [-0.39, 0.29) is 5.89 Å². The second kappa shape index (κ2) is 5.22. The SMILES string of the molecule is CCOc1cccc(-c2noc(C3(O)CCNC3)n2)c1. The molecule has 6 nitrogen and oxygen atoms in total. The average molecular weight is 275 g/mol. The van der Waals surface area contributed by atoms with Gasteiger partial charge in [-0.05, 0) is 32.0 Å². The predicted molar refractivity (Wildman–Crippen MR) is 72.3 cm³/mol. The molecule has 1 aromatic heterocycles. The standard InChI is InChI=1S/C14H17N3O3/c1-2-19-11-5-3-4-10(8-11)12-16-13(20-17-12)14(18)6-7-15-9-14/h3-5,8,15,18H,2,6-7,9H2,1H3. The zero-order chi connectivity index (χ0) is 14.0. The van der Waals surface area contributed by atoms with Gasteiger partial charge in [0.1, 0.15) is 5.75 Å². The summed E-state index contributed by atoms with van der Waals surface area (Å²) in [5.74, 6) is 1.48. The van der Waals surface area contributed by atoms with Crippen LogP contribution in [-0.4, -0.2) is 34.9 Å². The third-order valence-corrected chi connectivity index (χ3v) is 3.36. The van der Waals surface area contributed by atoms with Crippen molar-refractivity contribution in [1.82, 2.24) is 15.5 Å². The number of aliphatic hydroxyl groups is 1. The van der Waals surface area contributed by atoms with E-state index in [1.165, 1.54) is 0 Å². The van der Waals surface area contributed by atoms with Crippen molar-refractivity contribution >= 4 is 0 Å². The van der Waals surface area contributed by atoms with E-state index in [1.807, 2.05) is 31.2 Å². The molecule has 1 aromatic carbocycles. The molecule has 0 saturated carbocycles. The van der Waals surface area contributed by atoms with Gasteiger partial charge in [-0.25, -0.2) is 0 Å². The summed E-state index contributed by atoms with van der Waals surface area (Å²) in [5, 5.41) is 17.4. The molecule has 0 bridgehead atoms. The molecule has 0 amide bonds. The number of rotatable bonds is 4. The number of hydrogen-bond acceptors (Lipinski definition) is 6. The molecule has 2 aromatic rings. The normalized spacial score (nSPS) is 22.1. The van der Waals surface area contributed by atoms with Crippen LogP contribution in [0.2, 0.25) is 0 Å². The van der Waals surface area contributed by atoms with Crippen molar-refractivity contribution in [3.8, 4) is 17.1 Å². The minimum absolute atomic E-state index is 0.263. The molecule has 6 heteroatoms. The summed E-state index contributed by atoms with van der Waals surface area (Å²) in [6.45, 7) is 3.72. The van der Waals surface area contributed by atoms with Gasteiger partial charge in [0.25, 0.3) is 5.89 Å². The number of aromatic nitrogens is 2. The summed E-state index contributed by atoms with van der Waals surface area (Å²) in [4.78, 5) is 4.31. The van der Waals surface area contributed by atoms with Crippen molar-refractivity contribution in [3.05, 3.63) is 30.2 Å². The zero-order valence-electron chi connectivity index (χ0n) is 11.3. The fourth-order valence-corrected chi connectivity index (χ4v) is 2.28. The van der Waals surface area contributed by atoms with E-state index in [1.54, 1.807) is 0 Å². The van der Waals surface area contributed by atoms with Crippen LogP contribution < -0.4 is 10.1 Å². The molecular formula is C14H17N3O3. The summed E-state index contributed by atoms with van der Waals surface area (Å²) in [7, 11) is 0. The average Bonchev–Trinajstić information content (AvgIpc) is 3.09. The van der Waals surface area contributed by atoms with Gasteiger partial charge in [0.05, 0.1) is 6.61 Å². The highest BCUT2D eigenvalue weighted by Crippen LogP contribution is 2.28. The van der Waals surface area contributed by atoms with Crippen molar-refractivity contribution in [2.45, 2.75) is 18.9 Å². The first-order valence-corrected chi connectivity index (χ1v) is 6.72. The second-order valence-electron chi connectivity index (χ2n) is 4.84. The molecule has 3 rings (SSSR count). The highest BCUT2D eigenvalue weighted by Gasteiger charge is 2.38. The Kier molecular flexibility index (Phi) is 3.42. The van der Waals surface area contributed by atoms with Gasteiger partial charge < -0.3 is 19.7 Å². The Balaban J connectivity index is 1.88. The van der Waals surface area contributed by atoms with Crippen LogP contribution in [-0.2, 0) is 5.60 Å². The summed E-state index contributed by atoms with van der Waals surface area (Å²) in [6.07, 6.45) is 0.577. The first kappa shape index (κ1) is 13.1. The minimum atomic E-state index is -1.05. The quantitative estimate of drug-likeness (QED) is 0.876. The lowest BCUT2D eigenvalue weighted by atomic mass is 10.0. The van der Waals surface area contributed by atoms with Crippen LogP contribution in [0.25, 0.3) is 11.4 Å². The van der Waals surface area contributed by atoms with Gasteiger partial charge in [-0.15, -0.1) is 0 Å². The number of hydrogen-bond donors (Lipinski definition) is 2. The van der Waals surface area contributed by atoms with Crippen molar-refractivity contribution in [2.24, 2.45) is 0 Å². The van der Waals surface area contributed by atoms with Gasteiger partial charge in [0, 0.05) is 12.1 Å². The van der Waals surface area contributed by atoms with Crippen LogP contribution in [0, 0.1) is 0 Å². The molecule has 1 aliphatic rings. The van der Waals surface area contributed by atoms with Crippen molar-refractivity contribution < 1.29 is 14.4 Å². The van der Waals surface area contributed by atoms with Gasteiger partial charge in [-0.3, -0.25) is 0 Å². The fourth-order valence-electron chi connectivity index (χ4n) is 2.28. The first-order valence-electron chi connectivity index (χ1n) is 6.72. The Bertz CT molecular complexity index is 591. The maximum atomic E-state index is 10.4.